The van der Waals surface area contributed by atoms with E-state index in [4.69, 9.17) is 11.6 Å². The van der Waals surface area contributed by atoms with Gasteiger partial charge in [0.05, 0.1) is 0 Å². The summed E-state index contributed by atoms with van der Waals surface area (Å²) in [5.74, 6) is 0.861. The maximum absolute atomic E-state index is 5.86. The Morgan fingerprint density at radius 1 is 1.43 bits per heavy atom. The fraction of sp³-hybridized carbons (Fsp3) is 0.300. The molecule has 1 aromatic rings. The van der Waals surface area contributed by atoms with Crippen LogP contribution in [0.4, 0.5) is 5.82 Å². The molecule has 2 N–H and O–H groups in total. The van der Waals surface area contributed by atoms with Crippen LogP contribution in [0.5, 0.6) is 0 Å². The van der Waals surface area contributed by atoms with E-state index in [2.05, 4.69) is 15.5 Å². The first-order chi connectivity index (χ1) is 6.74. The van der Waals surface area contributed by atoms with E-state index >= 15 is 0 Å². The molecule has 4 heteroatoms. The largest absolute Gasteiger partial charge is 0.342 e. The highest BCUT2D eigenvalue weighted by Crippen LogP contribution is 2.21. The van der Waals surface area contributed by atoms with Crippen molar-refractivity contribution in [2.75, 3.05) is 5.32 Å². The van der Waals surface area contributed by atoms with Gasteiger partial charge in [-0.3, -0.25) is 5.10 Å². The SMILES string of the molecule is Cc1cc(NC2=CC=C(Cl)CC2)n[nH]1. The van der Waals surface area contributed by atoms with Crippen LogP contribution in [-0.4, -0.2) is 10.2 Å². The molecule has 0 aliphatic heterocycles. The zero-order valence-corrected chi connectivity index (χ0v) is 8.73. The second-order valence-electron chi connectivity index (χ2n) is 3.37. The van der Waals surface area contributed by atoms with E-state index in [1.165, 1.54) is 0 Å². The predicted octanol–water partition coefficient (Wildman–Crippen LogP) is 2.93. The highest BCUT2D eigenvalue weighted by molar-refractivity contribution is 6.29. The summed E-state index contributed by atoms with van der Waals surface area (Å²) in [6, 6.07) is 1.97. The average molecular weight is 210 g/mol. The molecule has 0 atom stereocenters. The molecule has 14 heavy (non-hydrogen) atoms. The number of nitrogens with one attached hydrogen (secondary N) is 2. The third-order valence-corrected chi connectivity index (χ3v) is 2.41. The van der Waals surface area contributed by atoms with Crippen LogP contribution in [0.15, 0.2) is 28.9 Å². The highest BCUT2D eigenvalue weighted by Gasteiger charge is 2.05. The van der Waals surface area contributed by atoms with Crippen LogP contribution in [0.1, 0.15) is 18.5 Å². The molecule has 1 aromatic heterocycles. The summed E-state index contributed by atoms with van der Waals surface area (Å²) in [5, 5.41) is 11.1. The number of H-pyrrole nitrogens is 1. The summed E-state index contributed by atoms with van der Waals surface area (Å²) in [6.07, 6.45) is 5.77. The van der Waals surface area contributed by atoms with Crippen molar-refractivity contribution >= 4 is 17.4 Å². The molecule has 0 saturated heterocycles. The fourth-order valence-corrected chi connectivity index (χ4v) is 1.52. The first-order valence-electron chi connectivity index (χ1n) is 4.58. The summed E-state index contributed by atoms with van der Waals surface area (Å²) in [5.41, 5.74) is 2.21. The Labute approximate surface area is 87.9 Å². The number of rotatable bonds is 2. The van der Waals surface area contributed by atoms with Gasteiger partial charge in [-0.15, -0.1) is 0 Å². The maximum Gasteiger partial charge on any atom is 0.152 e. The standard InChI is InChI=1S/C10H12ClN3/c1-7-6-10(14-13-7)12-9-4-2-8(11)3-5-9/h2,4,6H,3,5H2,1H3,(H2,12,13,14). The van der Waals surface area contributed by atoms with Crippen molar-refractivity contribution in [2.45, 2.75) is 19.8 Å². The molecule has 1 heterocycles. The lowest BCUT2D eigenvalue weighted by Crippen LogP contribution is -2.02. The van der Waals surface area contributed by atoms with Crippen LogP contribution in [0.25, 0.3) is 0 Å². The molecule has 0 radical (unpaired) electrons. The minimum Gasteiger partial charge on any atom is -0.342 e. The second-order valence-corrected chi connectivity index (χ2v) is 3.85. The monoisotopic (exact) mass is 209 g/mol. The Hall–Kier alpha value is -1.22. The normalized spacial score (nSPS) is 16.1. The summed E-state index contributed by atoms with van der Waals surface area (Å²) in [4.78, 5) is 0. The number of nitrogens with zero attached hydrogens (tertiary/aromatic N) is 1. The van der Waals surface area contributed by atoms with Crippen LogP contribution >= 0.6 is 11.6 Å². The molecule has 0 aromatic carbocycles. The van der Waals surface area contributed by atoms with E-state index in [0.29, 0.717) is 0 Å². The van der Waals surface area contributed by atoms with Crippen molar-refractivity contribution in [2.24, 2.45) is 0 Å². The molecule has 0 fully saturated rings. The van der Waals surface area contributed by atoms with Gasteiger partial charge < -0.3 is 5.32 Å². The Morgan fingerprint density at radius 2 is 2.29 bits per heavy atom. The maximum atomic E-state index is 5.86. The average Bonchev–Trinajstić information content (AvgIpc) is 2.56. The van der Waals surface area contributed by atoms with Gasteiger partial charge in [-0.2, -0.15) is 5.10 Å². The van der Waals surface area contributed by atoms with Gasteiger partial charge in [0.25, 0.3) is 0 Å². The molecule has 3 nitrogen and oxygen atoms in total. The number of aromatic amines is 1. The third kappa shape index (κ3) is 2.17. The zero-order valence-electron chi connectivity index (χ0n) is 7.97. The minimum absolute atomic E-state index is 0.861. The van der Waals surface area contributed by atoms with Gasteiger partial charge >= 0.3 is 0 Å². The van der Waals surface area contributed by atoms with Crippen LogP contribution in [0, 0.1) is 6.92 Å². The Kier molecular flexibility index (Phi) is 2.59. The molecule has 2 rings (SSSR count). The van der Waals surface area contributed by atoms with Crippen molar-refractivity contribution in [3.05, 3.63) is 34.6 Å². The molecule has 0 spiro atoms. The van der Waals surface area contributed by atoms with E-state index in [-0.39, 0.29) is 0 Å². The number of hydrogen-bond donors (Lipinski definition) is 2. The number of allylic oxidation sites excluding steroid dienone is 4. The summed E-state index contributed by atoms with van der Waals surface area (Å²) in [7, 11) is 0. The van der Waals surface area contributed by atoms with E-state index in [1.807, 2.05) is 25.1 Å². The molecule has 1 aliphatic carbocycles. The van der Waals surface area contributed by atoms with Crippen LogP contribution < -0.4 is 5.32 Å². The van der Waals surface area contributed by atoms with Crippen molar-refractivity contribution in [3.8, 4) is 0 Å². The predicted molar refractivity (Wildman–Crippen MR) is 58.2 cm³/mol. The molecule has 74 valence electrons. The van der Waals surface area contributed by atoms with E-state index < -0.39 is 0 Å². The van der Waals surface area contributed by atoms with Crippen LogP contribution in [0.2, 0.25) is 0 Å². The van der Waals surface area contributed by atoms with Crippen LogP contribution in [0.3, 0.4) is 0 Å². The molecule has 0 amide bonds. The quantitative estimate of drug-likeness (QED) is 0.787. The van der Waals surface area contributed by atoms with Gasteiger partial charge in [-0.25, -0.2) is 0 Å². The van der Waals surface area contributed by atoms with Crippen molar-refractivity contribution in [1.82, 2.24) is 10.2 Å². The summed E-state index contributed by atoms with van der Waals surface area (Å²) >= 11 is 5.86. The van der Waals surface area contributed by atoms with Crippen LogP contribution in [-0.2, 0) is 0 Å². The van der Waals surface area contributed by atoms with Gasteiger partial charge in [-0.1, -0.05) is 11.6 Å². The third-order valence-electron chi connectivity index (χ3n) is 2.09. The summed E-state index contributed by atoms with van der Waals surface area (Å²) < 4.78 is 0. The molecule has 0 saturated carbocycles. The van der Waals surface area contributed by atoms with Crippen molar-refractivity contribution < 1.29 is 0 Å². The number of hydrogen-bond acceptors (Lipinski definition) is 2. The summed E-state index contributed by atoms with van der Waals surface area (Å²) in [6.45, 7) is 1.98. The Balaban J connectivity index is 2.05. The molecular weight excluding hydrogens is 198 g/mol. The van der Waals surface area contributed by atoms with Gasteiger partial charge in [0.2, 0.25) is 0 Å². The van der Waals surface area contributed by atoms with E-state index in [9.17, 15) is 0 Å². The second kappa shape index (κ2) is 3.88. The lowest BCUT2D eigenvalue weighted by atomic mass is 10.1. The van der Waals surface area contributed by atoms with Gasteiger partial charge in [0.15, 0.2) is 5.82 Å². The van der Waals surface area contributed by atoms with E-state index in [0.717, 1.165) is 35.1 Å². The first kappa shape index (κ1) is 9.34. The number of anilines is 1. The Morgan fingerprint density at radius 3 is 2.86 bits per heavy atom. The van der Waals surface area contributed by atoms with Gasteiger partial charge in [0, 0.05) is 22.5 Å². The van der Waals surface area contributed by atoms with Gasteiger partial charge in [-0.05, 0) is 31.9 Å². The zero-order chi connectivity index (χ0) is 9.97. The molecule has 1 aliphatic rings. The van der Waals surface area contributed by atoms with Crippen molar-refractivity contribution in [3.63, 3.8) is 0 Å². The molecular formula is C10H12ClN3. The number of halogens is 1. The number of aromatic nitrogens is 2. The smallest absolute Gasteiger partial charge is 0.152 e. The van der Waals surface area contributed by atoms with Crippen molar-refractivity contribution in [1.29, 1.82) is 0 Å². The molecule has 0 bridgehead atoms. The lowest BCUT2D eigenvalue weighted by molar-refractivity contribution is 0.943. The minimum atomic E-state index is 0.861. The highest BCUT2D eigenvalue weighted by atomic mass is 35.5. The van der Waals surface area contributed by atoms with E-state index in [1.54, 1.807) is 0 Å². The van der Waals surface area contributed by atoms with Gasteiger partial charge in [0.1, 0.15) is 0 Å². The molecule has 0 unspecified atom stereocenters. The fourth-order valence-electron chi connectivity index (χ4n) is 1.36. The Bertz CT molecular complexity index is 390. The topological polar surface area (TPSA) is 40.7 Å². The number of aryl methyl sites for hydroxylation is 1. The lowest BCUT2D eigenvalue weighted by Gasteiger charge is -2.11. The first-order valence-corrected chi connectivity index (χ1v) is 4.96.